The summed E-state index contributed by atoms with van der Waals surface area (Å²) < 4.78 is 0. The van der Waals surface area contributed by atoms with E-state index in [1.807, 2.05) is 18.2 Å². The van der Waals surface area contributed by atoms with E-state index >= 15 is 0 Å². The molecule has 0 aliphatic heterocycles. The summed E-state index contributed by atoms with van der Waals surface area (Å²) in [5.41, 5.74) is 1.32. The molecular weight excluding hydrogens is 248 g/mol. The molecule has 6 heteroatoms. The van der Waals surface area contributed by atoms with Crippen molar-refractivity contribution in [2.45, 2.75) is 6.92 Å². The van der Waals surface area contributed by atoms with Gasteiger partial charge in [-0.1, -0.05) is 35.9 Å². The summed E-state index contributed by atoms with van der Waals surface area (Å²) in [5.74, 6) is 0. The van der Waals surface area contributed by atoms with Gasteiger partial charge in [-0.15, -0.1) is 0 Å². The molecule has 104 valence electrons. The molecule has 2 N–H and O–H groups in total. The Morgan fingerprint density at radius 2 is 1.37 bits per heavy atom. The van der Waals surface area contributed by atoms with Crippen molar-refractivity contribution in [3.8, 4) is 0 Å². The molecule has 0 amide bonds. The molecule has 0 unspecified atom stereocenters. The van der Waals surface area contributed by atoms with Gasteiger partial charge in [0.2, 0.25) is 12.2 Å². The second-order valence-electron chi connectivity index (χ2n) is 3.05. The number of nitrogens with zero attached hydrogens (tertiary/aromatic N) is 2. The van der Waals surface area contributed by atoms with Gasteiger partial charge in [0.15, 0.2) is 0 Å². The molecule has 1 rings (SSSR count). The van der Waals surface area contributed by atoms with Crippen LogP contribution in [0.3, 0.4) is 0 Å². The van der Waals surface area contributed by atoms with Crippen LogP contribution < -0.4 is 0 Å². The summed E-state index contributed by atoms with van der Waals surface area (Å²) in [5, 5.41) is 15.2. The number of aliphatic hydroxyl groups is 2. The number of aliphatic imine (C=N–C) groups is 2. The van der Waals surface area contributed by atoms with Gasteiger partial charge in [-0.3, -0.25) is 0 Å². The third kappa shape index (κ3) is 21.7. The van der Waals surface area contributed by atoms with Crippen LogP contribution in [-0.2, 0) is 9.59 Å². The average molecular weight is 266 g/mol. The molecule has 0 saturated carbocycles. The van der Waals surface area contributed by atoms with Crippen molar-refractivity contribution in [2.24, 2.45) is 9.98 Å². The molecule has 0 aliphatic carbocycles. The number of rotatable bonds is 4. The van der Waals surface area contributed by atoms with Gasteiger partial charge in [-0.25, -0.2) is 19.6 Å². The third-order valence-corrected chi connectivity index (χ3v) is 1.49. The quantitative estimate of drug-likeness (QED) is 0.474. The van der Waals surface area contributed by atoms with Crippen LogP contribution in [0.5, 0.6) is 0 Å². The lowest BCUT2D eigenvalue weighted by molar-refractivity contribution is 0.186. The molecule has 0 radical (unpaired) electrons. The van der Waals surface area contributed by atoms with Crippen molar-refractivity contribution in [1.82, 2.24) is 0 Å². The Labute approximate surface area is 112 Å². The van der Waals surface area contributed by atoms with Crippen LogP contribution in [0, 0.1) is 6.92 Å². The molecule has 1 aromatic rings. The van der Waals surface area contributed by atoms with E-state index in [1.54, 1.807) is 0 Å². The average Bonchev–Trinajstić information content (AvgIpc) is 2.45. The lowest BCUT2D eigenvalue weighted by Crippen LogP contribution is -1.85. The Balaban J connectivity index is 0. The minimum atomic E-state index is -0.125. The van der Waals surface area contributed by atoms with E-state index in [9.17, 15) is 9.59 Å². The highest BCUT2D eigenvalue weighted by Gasteiger charge is 1.73. The van der Waals surface area contributed by atoms with Gasteiger partial charge in [0, 0.05) is 0 Å². The maximum absolute atomic E-state index is 9.34. The zero-order chi connectivity index (χ0) is 14.8. The molecule has 0 spiro atoms. The van der Waals surface area contributed by atoms with Crippen LogP contribution in [0.1, 0.15) is 5.56 Å². The van der Waals surface area contributed by atoms with Crippen LogP contribution in [0.15, 0.2) is 40.3 Å². The van der Waals surface area contributed by atoms with Crippen molar-refractivity contribution in [3.05, 3.63) is 35.9 Å². The Morgan fingerprint density at radius 1 is 0.947 bits per heavy atom. The van der Waals surface area contributed by atoms with Gasteiger partial charge in [0.25, 0.3) is 0 Å². The molecular formula is C13H18N2O4. The van der Waals surface area contributed by atoms with E-state index in [4.69, 9.17) is 10.2 Å². The number of isocyanates is 2. The fourth-order valence-corrected chi connectivity index (χ4v) is 0.726. The van der Waals surface area contributed by atoms with Gasteiger partial charge in [-0.2, -0.15) is 0 Å². The molecule has 0 heterocycles. The lowest BCUT2D eigenvalue weighted by atomic mass is 10.2. The predicted molar refractivity (Wildman–Crippen MR) is 71.3 cm³/mol. The topological polar surface area (TPSA) is 99.3 Å². The summed E-state index contributed by atoms with van der Waals surface area (Å²) in [6.45, 7) is 2.28. The summed E-state index contributed by atoms with van der Waals surface area (Å²) in [4.78, 5) is 24.9. The van der Waals surface area contributed by atoms with Crippen molar-refractivity contribution in [2.75, 3.05) is 26.3 Å². The van der Waals surface area contributed by atoms with Crippen LogP contribution >= 0.6 is 0 Å². The maximum atomic E-state index is 9.34. The van der Waals surface area contributed by atoms with Gasteiger partial charge in [0.1, 0.15) is 0 Å². The summed E-state index contributed by atoms with van der Waals surface area (Å²) in [7, 11) is 0. The van der Waals surface area contributed by atoms with E-state index in [0.29, 0.717) is 0 Å². The smallest absolute Gasteiger partial charge is 0.235 e. The third-order valence-electron chi connectivity index (χ3n) is 1.49. The van der Waals surface area contributed by atoms with Crippen LogP contribution in [-0.4, -0.2) is 48.7 Å². The van der Waals surface area contributed by atoms with Crippen LogP contribution in [0.4, 0.5) is 0 Å². The molecule has 0 aromatic heterocycles. The molecule has 0 bridgehead atoms. The standard InChI is InChI=1S/C7H8.C4H4N2O2.C2H6O2/c1-7-5-3-2-4-6-7;7-3-5-1-2-6-4-8;3-1-2-4/h2-6H,1H3;1-2H2;3-4H,1-2H2. The van der Waals surface area contributed by atoms with Crippen molar-refractivity contribution >= 4 is 12.2 Å². The second kappa shape index (κ2) is 18.3. The predicted octanol–water partition coefficient (Wildman–Crippen LogP) is 0.624. The molecule has 1 aromatic carbocycles. The number of hydrogen-bond donors (Lipinski definition) is 2. The Kier molecular flexibility index (Phi) is 18.5. The first-order valence-electron chi connectivity index (χ1n) is 5.53. The van der Waals surface area contributed by atoms with Crippen molar-refractivity contribution < 1.29 is 19.8 Å². The SMILES string of the molecule is Cc1ccccc1.O=C=NCCN=C=O.OCCO. The Bertz CT molecular complexity index is 363. The molecule has 19 heavy (non-hydrogen) atoms. The zero-order valence-corrected chi connectivity index (χ0v) is 10.8. The molecule has 0 saturated heterocycles. The van der Waals surface area contributed by atoms with Gasteiger partial charge < -0.3 is 10.2 Å². The highest BCUT2D eigenvalue weighted by atomic mass is 16.3. The number of carbonyl (C=O) groups excluding carboxylic acids is 2. The van der Waals surface area contributed by atoms with E-state index in [0.717, 1.165) is 0 Å². The number of benzene rings is 1. The van der Waals surface area contributed by atoms with E-state index in [2.05, 4.69) is 29.0 Å². The maximum Gasteiger partial charge on any atom is 0.235 e. The summed E-state index contributed by atoms with van der Waals surface area (Å²) in [6.07, 6.45) is 2.62. The molecule has 0 atom stereocenters. The van der Waals surface area contributed by atoms with Crippen LogP contribution in [0.2, 0.25) is 0 Å². The first-order valence-corrected chi connectivity index (χ1v) is 5.53. The highest BCUT2D eigenvalue weighted by Crippen LogP contribution is 1.92. The fraction of sp³-hybridized carbons (Fsp3) is 0.385. The van der Waals surface area contributed by atoms with E-state index < -0.39 is 0 Å². The molecule has 0 fully saturated rings. The van der Waals surface area contributed by atoms with Crippen LogP contribution in [0.25, 0.3) is 0 Å². The largest absolute Gasteiger partial charge is 0.394 e. The van der Waals surface area contributed by atoms with Crippen molar-refractivity contribution in [3.63, 3.8) is 0 Å². The van der Waals surface area contributed by atoms with Crippen molar-refractivity contribution in [1.29, 1.82) is 0 Å². The number of hydrogen-bond acceptors (Lipinski definition) is 6. The summed E-state index contributed by atoms with van der Waals surface area (Å²) >= 11 is 0. The first-order chi connectivity index (χ1) is 9.22. The van der Waals surface area contributed by atoms with E-state index in [-0.39, 0.29) is 26.3 Å². The minimum absolute atomic E-state index is 0.125. The van der Waals surface area contributed by atoms with Gasteiger partial charge in [0.05, 0.1) is 26.3 Å². The zero-order valence-electron chi connectivity index (χ0n) is 10.8. The lowest BCUT2D eigenvalue weighted by Gasteiger charge is -1.82. The minimum Gasteiger partial charge on any atom is -0.394 e. The Morgan fingerprint density at radius 3 is 1.58 bits per heavy atom. The second-order valence-corrected chi connectivity index (χ2v) is 3.05. The highest BCUT2D eigenvalue weighted by molar-refractivity contribution is 5.34. The summed E-state index contributed by atoms with van der Waals surface area (Å²) in [6, 6.07) is 10.3. The van der Waals surface area contributed by atoms with E-state index in [1.165, 1.54) is 17.7 Å². The Hall–Kier alpha value is -2.10. The first kappa shape index (κ1) is 19.2. The molecule has 0 aliphatic rings. The molecule has 6 nitrogen and oxygen atoms in total. The normalized spacial score (nSPS) is 7.53. The fourth-order valence-electron chi connectivity index (χ4n) is 0.726. The number of aliphatic hydroxyl groups excluding tert-OH is 2. The monoisotopic (exact) mass is 266 g/mol. The van der Waals surface area contributed by atoms with Gasteiger partial charge in [-0.05, 0) is 6.92 Å². The van der Waals surface area contributed by atoms with Gasteiger partial charge >= 0.3 is 0 Å². The number of aryl methyl sites for hydroxylation is 1.